The summed E-state index contributed by atoms with van der Waals surface area (Å²) in [5.74, 6) is -0.289. The summed E-state index contributed by atoms with van der Waals surface area (Å²) < 4.78 is 18.3. The molecule has 0 unspecified atom stereocenters. The Morgan fingerprint density at radius 2 is 2.07 bits per heavy atom. The van der Waals surface area contributed by atoms with Crippen LogP contribution in [0.25, 0.3) is 21.3 Å². The van der Waals surface area contributed by atoms with Gasteiger partial charge in [0.2, 0.25) is 0 Å². The monoisotopic (exact) mass is 411 g/mol. The van der Waals surface area contributed by atoms with Gasteiger partial charge in [-0.05, 0) is 24.3 Å². The molecule has 5 rings (SSSR count). The minimum Gasteiger partial charge on any atom is -0.494 e. The number of ether oxygens (including phenoxy) is 2. The second-order valence-corrected chi connectivity index (χ2v) is 7.75. The predicted octanol–water partition coefficient (Wildman–Crippen LogP) is 2.64. The summed E-state index contributed by atoms with van der Waals surface area (Å²) >= 11 is 1.58. The maximum atomic E-state index is 12.3. The summed E-state index contributed by atoms with van der Waals surface area (Å²) in [4.78, 5) is 31.0. The van der Waals surface area contributed by atoms with Crippen molar-refractivity contribution in [3.05, 3.63) is 53.0 Å². The maximum absolute atomic E-state index is 12.3. The zero-order valence-corrected chi connectivity index (χ0v) is 16.3. The number of carbonyl (C=O) groups excluding carboxylic acids is 1. The second kappa shape index (κ2) is 6.93. The van der Waals surface area contributed by atoms with Crippen LogP contribution in [0.15, 0.2) is 51.7 Å². The molecule has 4 aromatic rings. The van der Waals surface area contributed by atoms with E-state index in [1.165, 1.54) is 4.57 Å². The van der Waals surface area contributed by atoms with Gasteiger partial charge in [0.1, 0.15) is 23.9 Å². The molecule has 0 aliphatic carbocycles. The zero-order chi connectivity index (χ0) is 20.0. The van der Waals surface area contributed by atoms with Gasteiger partial charge in [-0.1, -0.05) is 29.5 Å². The number of thiazole rings is 1. The van der Waals surface area contributed by atoms with Crippen molar-refractivity contribution < 1.29 is 18.7 Å². The van der Waals surface area contributed by atoms with E-state index in [9.17, 15) is 9.59 Å². The van der Waals surface area contributed by atoms with Crippen LogP contribution in [0.3, 0.4) is 0 Å². The molecule has 2 aromatic heterocycles. The van der Waals surface area contributed by atoms with E-state index in [2.05, 4.69) is 9.88 Å². The van der Waals surface area contributed by atoms with E-state index in [0.717, 1.165) is 21.1 Å². The molecular weight excluding hydrogens is 394 g/mol. The molecule has 0 N–H and O–H groups in total. The van der Waals surface area contributed by atoms with E-state index in [1.54, 1.807) is 42.7 Å². The lowest BCUT2D eigenvalue weighted by Gasteiger charge is -2.38. The highest BCUT2D eigenvalue weighted by Gasteiger charge is 2.32. The van der Waals surface area contributed by atoms with Gasteiger partial charge >= 0.3 is 11.7 Å². The molecule has 1 aliphatic rings. The molecule has 29 heavy (non-hydrogen) atoms. The topological polar surface area (TPSA) is 86.8 Å². The van der Waals surface area contributed by atoms with Crippen molar-refractivity contribution in [2.45, 2.75) is 12.6 Å². The average molecular weight is 411 g/mol. The Balaban J connectivity index is 1.23. The molecule has 1 fully saturated rings. The summed E-state index contributed by atoms with van der Waals surface area (Å²) in [7, 11) is 1.63. The molecule has 0 saturated carbocycles. The Labute approximate surface area is 168 Å². The highest BCUT2D eigenvalue weighted by Crippen LogP contribution is 2.35. The zero-order valence-electron chi connectivity index (χ0n) is 15.5. The molecule has 8 nitrogen and oxygen atoms in total. The molecule has 9 heteroatoms. The maximum Gasteiger partial charge on any atom is 0.420 e. The first-order valence-electron chi connectivity index (χ1n) is 9.09. The van der Waals surface area contributed by atoms with Crippen molar-refractivity contribution in [3.8, 4) is 5.75 Å². The number of benzene rings is 2. The number of esters is 1. The van der Waals surface area contributed by atoms with Crippen LogP contribution >= 0.6 is 11.3 Å². The Bertz CT molecular complexity index is 1270. The van der Waals surface area contributed by atoms with E-state index in [0.29, 0.717) is 24.2 Å². The largest absolute Gasteiger partial charge is 0.494 e. The van der Waals surface area contributed by atoms with Crippen LogP contribution in [-0.2, 0) is 16.1 Å². The third kappa shape index (κ3) is 3.13. The lowest BCUT2D eigenvalue weighted by Crippen LogP contribution is -2.53. The smallest absolute Gasteiger partial charge is 0.420 e. The van der Waals surface area contributed by atoms with Crippen LogP contribution in [0.1, 0.15) is 0 Å². The highest BCUT2D eigenvalue weighted by molar-refractivity contribution is 7.22. The van der Waals surface area contributed by atoms with E-state index in [4.69, 9.17) is 13.9 Å². The number of nitrogens with zero attached hydrogens (tertiary/aromatic N) is 3. The van der Waals surface area contributed by atoms with Gasteiger partial charge in [0.15, 0.2) is 10.7 Å². The number of para-hydroxylation sites is 3. The van der Waals surface area contributed by atoms with Gasteiger partial charge in [-0.2, -0.15) is 0 Å². The number of hydrogen-bond acceptors (Lipinski definition) is 8. The third-order valence-corrected chi connectivity index (χ3v) is 5.95. The summed E-state index contributed by atoms with van der Waals surface area (Å²) in [6.45, 7) is 0.953. The molecule has 0 amide bonds. The van der Waals surface area contributed by atoms with E-state index in [-0.39, 0.29) is 12.6 Å². The standard InChI is InChI=1S/C20H17N3O5S/c1-26-15-7-4-8-16-18(15)21-19(29-16)22-9-12(10-22)27-17(24)11-23-13-5-2-3-6-14(13)28-20(23)25/h2-8,12H,9-11H2,1H3. The van der Waals surface area contributed by atoms with Gasteiger partial charge in [0.05, 0.1) is 30.4 Å². The summed E-state index contributed by atoms with van der Waals surface area (Å²) in [5, 5.41) is 0.869. The minimum absolute atomic E-state index is 0.176. The molecular formula is C20H17N3O5S. The van der Waals surface area contributed by atoms with Gasteiger partial charge in [-0.3, -0.25) is 9.36 Å². The van der Waals surface area contributed by atoms with Gasteiger partial charge in [-0.15, -0.1) is 0 Å². The molecule has 148 valence electrons. The number of hydrogen-bond donors (Lipinski definition) is 0. The molecule has 1 aliphatic heterocycles. The van der Waals surface area contributed by atoms with Crippen molar-refractivity contribution in [3.63, 3.8) is 0 Å². The minimum atomic E-state index is -0.568. The predicted molar refractivity (Wildman–Crippen MR) is 109 cm³/mol. The van der Waals surface area contributed by atoms with E-state index < -0.39 is 11.7 Å². The van der Waals surface area contributed by atoms with Gasteiger partial charge in [0.25, 0.3) is 0 Å². The van der Waals surface area contributed by atoms with Crippen LogP contribution in [-0.4, -0.2) is 41.8 Å². The molecule has 0 radical (unpaired) electrons. The molecule has 2 aromatic carbocycles. The normalized spacial score (nSPS) is 14.3. The molecule has 1 saturated heterocycles. The number of carbonyl (C=O) groups is 1. The fourth-order valence-corrected chi connectivity index (χ4v) is 4.40. The van der Waals surface area contributed by atoms with Crippen molar-refractivity contribution in [1.29, 1.82) is 0 Å². The Morgan fingerprint density at radius 1 is 1.24 bits per heavy atom. The van der Waals surface area contributed by atoms with Crippen LogP contribution in [0.5, 0.6) is 5.75 Å². The summed E-state index contributed by atoms with van der Waals surface area (Å²) in [6.07, 6.45) is -0.231. The van der Waals surface area contributed by atoms with Gasteiger partial charge in [0, 0.05) is 0 Å². The number of fused-ring (bicyclic) bond motifs is 2. The Kier molecular flexibility index (Phi) is 4.24. The first kappa shape index (κ1) is 17.7. The highest BCUT2D eigenvalue weighted by atomic mass is 32.1. The van der Waals surface area contributed by atoms with Crippen molar-refractivity contribution >= 4 is 43.8 Å². The summed E-state index contributed by atoms with van der Waals surface area (Å²) in [5.41, 5.74) is 1.86. The third-order valence-electron chi connectivity index (χ3n) is 4.87. The van der Waals surface area contributed by atoms with Crippen LogP contribution < -0.4 is 15.4 Å². The Morgan fingerprint density at radius 3 is 2.90 bits per heavy atom. The molecule has 0 spiro atoms. The second-order valence-electron chi connectivity index (χ2n) is 6.74. The first-order valence-corrected chi connectivity index (χ1v) is 9.90. The van der Waals surface area contributed by atoms with Crippen molar-refractivity contribution in [1.82, 2.24) is 9.55 Å². The fourth-order valence-electron chi connectivity index (χ4n) is 3.40. The Hall–Kier alpha value is -3.33. The number of methoxy groups -OCH3 is 1. The SMILES string of the molecule is COc1cccc2sc(N3CC(OC(=O)Cn4c(=O)oc5ccccc54)C3)nc12. The van der Waals surface area contributed by atoms with Crippen LogP contribution in [0, 0.1) is 0 Å². The number of oxazole rings is 1. The quantitative estimate of drug-likeness (QED) is 0.467. The number of anilines is 1. The molecule has 0 bridgehead atoms. The van der Waals surface area contributed by atoms with Crippen molar-refractivity contribution in [2.24, 2.45) is 0 Å². The lowest BCUT2D eigenvalue weighted by atomic mass is 10.2. The van der Waals surface area contributed by atoms with Crippen molar-refractivity contribution in [2.75, 3.05) is 25.1 Å². The number of aromatic nitrogens is 2. The first-order chi connectivity index (χ1) is 14.1. The van der Waals surface area contributed by atoms with Gasteiger partial charge < -0.3 is 18.8 Å². The molecule has 3 heterocycles. The number of rotatable bonds is 5. The van der Waals surface area contributed by atoms with E-state index in [1.807, 2.05) is 18.2 Å². The summed E-state index contributed by atoms with van der Waals surface area (Å²) in [6, 6.07) is 12.8. The average Bonchev–Trinajstić information content (AvgIpc) is 3.25. The van der Waals surface area contributed by atoms with Gasteiger partial charge in [-0.25, -0.2) is 9.78 Å². The lowest BCUT2D eigenvalue weighted by molar-refractivity contribution is -0.150. The fraction of sp³-hybridized carbons (Fsp3) is 0.250. The van der Waals surface area contributed by atoms with Crippen LogP contribution in [0.4, 0.5) is 5.13 Å². The van der Waals surface area contributed by atoms with E-state index >= 15 is 0 Å². The van der Waals surface area contributed by atoms with Crippen LogP contribution in [0.2, 0.25) is 0 Å². The molecule has 0 atom stereocenters.